The molecule has 1 aromatic rings. The van der Waals surface area contributed by atoms with Gasteiger partial charge in [-0.15, -0.1) is 0 Å². The van der Waals surface area contributed by atoms with Crippen molar-refractivity contribution in [1.82, 2.24) is 0 Å². The molecule has 0 saturated heterocycles. The molecule has 1 aromatic carbocycles. The summed E-state index contributed by atoms with van der Waals surface area (Å²) in [7, 11) is 0. The molecule has 2 saturated carbocycles. The third kappa shape index (κ3) is 2.23. The first kappa shape index (κ1) is 14.7. The quantitative estimate of drug-likeness (QED) is 0.777. The molecule has 0 aromatic heterocycles. The normalized spacial score (nSPS) is 34.2. The van der Waals surface area contributed by atoms with E-state index in [1.807, 2.05) is 0 Å². The van der Waals surface area contributed by atoms with Gasteiger partial charge in [0.15, 0.2) is 0 Å². The van der Waals surface area contributed by atoms with Crippen molar-refractivity contribution in [2.45, 2.75) is 52.3 Å². The van der Waals surface area contributed by atoms with Crippen molar-refractivity contribution in [3.05, 3.63) is 29.8 Å². The lowest BCUT2D eigenvalue weighted by Crippen LogP contribution is -2.46. The van der Waals surface area contributed by atoms with Gasteiger partial charge >= 0.3 is 6.18 Å². The zero-order valence-corrected chi connectivity index (χ0v) is 12.7. The molecule has 0 spiro atoms. The van der Waals surface area contributed by atoms with E-state index in [9.17, 15) is 13.2 Å². The molecular weight excluding hydrogens is 275 g/mol. The molecule has 4 heteroatoms. The average Bonchev–Trinajstić information content (AvgIpc) is 2.85. The molecule has 3 unspecified atom stereocenters. The Labute approximate surface area is 123 Å². The van der Waals surface area contributed by atoms with E-state index in [0.717, 1.165) is 18.9 Å². The molecule has 116 valence electrons. The van der Waals surface area contributed by atoms with Crippen LogP contribution in [0.5, 0.6) is 0 Å². The van der Waals surface area contributed by atoms with Crippen LogP contribution in [0.15, 0.2) is 24.3 Å². The molecule has 0 aliphatic heterocycles. The van der Waals surface area contributed by atoms with Crippen LogP contribution in [0, 0.1) is 16.7 Å². The number of hydrogen-bond donors (Lipinski definition) is 1. The Morgan fingerprint density at radius 2 is 1.81 bits per heavy atom. The van der Waals surface area contributed by atoms with Crippen molar-refractivity contribution in [1.29, 1.82) is 0 Å². The molecule has 0 heterocycles. The summed E-state index contributed by atoms with van der Waals surface area (Å²) in [5.74, 6) is 0.609. The largest absolute Gasteiger partial charge is 0.418 e. The fraction of sp³-hybridized carbons (Fsp3) is 0.647. The van der Waals surface area contributed by atoms with Gasteiger partial charge < -0.3 is 5.32 Å². The van der Waals surface area contributed by atoms with Gasteiger partial charge in [0.05, 0.1) is 5.56 Å². The zero-order valence-electron chi connectivity index (χ0n) is 12.7. The minimum absolute atomic E-state index is 0.0334. The highest BCUT2D eigenvalue weighted by Gasteiger charge is 2.59. The molecular formula is C17H22F3N. The van der Waals surface area contributed by atoms with Gasteiger partial charge in [-0.3, -0.25) is 0 Å². The number of benzene rings is 1. The maximum absolute atomic E-state index is 13.2. The molecule has 2 aliphatic carbocycles. The molecule has 2 bridgehead atoms. The first-order valence-corrected chi connectivity index (χ1v) is 7.57. The predicted octanol–water partition coefficient (Wildman–Crippen LogP) is 5.33. The Morgan fingerprint density at radius 1 is 1.14 bits per heavy atom. The number of alkyl halides is 3. The van der Waals surface area contributed by atoms with E-state index in [0.29, 0.717) is 5.92 Å². The van der Waals surface area contributed by atoms with E-state index in [1.54, 1.807) is 12.1 Å². The van der Waals surface area contributed by atoms with Gasteiger partial charge in [0.25, 0.3) is 0 Å². The molecule has 0 amide bonds. The second-order valence-electron chi connectivity index (χ2n) is 7.54. The van der Waals surface area contributed by atoms with Crippen molar-refractivity contribution < 1.29 is 13.2 Å². The molecule has 3 atom stereocenters. The highest BCUT2D eigenvalue weighted by atomic mass is 19.4. The Balaban J connectivity index is 1.95. The molecule has 0 radical (unpaired) electrons. The van der Waals surface area contributed by atoms with Crippen LogP contribution in [0.3, 0.4) is 0 Å². The number of rotatable bonds is 2. The molecule has 3 rings (SSSR count). The fourth-order valence-corrected chi connectivity index (χ4v) is 4.67. The lowest BCUT2D eigenvalue weighted by Gasteiger charge is -2.44. The first-order chi connectivity index (χ1) is 9.64. The van der Waals surface area contributed by atoms with Gasteiger partial charge in [-0.25, -0.2) is 0 Å². The highest BCUT2D eigenvalue weighted by Crippen LogP contribution is 2.63. The molecule has 1 N–H and O–H groups in total. The van der Waals surface area contributed by atoms with Gasteiger partial charge in [0.2, 0.25) is 0 Å². The Hall–Kier alpha value is -1.19. The minimum atomic E-state index is -4.31. The van der Waals surface area contributed by atoms with Crippen LogP contribution in [-0.2, 0) is 6.18 Å². The summed E-state index contributed by atoms with van der Waals surface area (Å²) >= 11 is 0. The number of hydrogen-bond acceptors (Lipinski definition) is 1. The monoisotopic (exact) mass is 297 g/mol. The molecule has 2 fully saturated rings. The van der Waals surface area contributed by atoms with E-state index in [1.165, 1.54) is 12.5 Å². The van der Waals surface area contributed by atoms with Crippen LogP contribution < -0.4 is 5.32 Å². The Morgan fingerprint density at radius 3 is 2.38 bits per heavy atom. The maximum Gasteiger partial charge on any atom is 0.418 e. The summed E-state index contributed by atoms with van der Waals surface area (Å²) in [6.45, 7) is 6.60. The summed E-state index contributed by atoms with van der Waals surface area (Å²) in [5.41, 5.74) is -0.206. The fourth-order valence-electron chi connectivity index (χ4n) is 4.67. The van der Waals surface area contributed by atoms with Gasteiger partial charge in [-0.2, -0.15) is 13.2 Å². The van der Waals surface area contributed by atoms with Crippen molar-refractivity contribution >= 4 is 5.69 Å². The van der Waals surface area contributed by atoms with Crippen molar-refractivity contribution in [3.63, 3.8) is 0 Å². The molecule has 2 aliphatic rings. The predicted molar refractivity (Wildman–Crippen MR) is 78.1 cm³/mol. The average molecular weight is 297 g/mol. The summed E-state index contributed by atoms with van der Waals surface area (Å²) < 4.78 is 39.5. The lowest BCUT2D eigenvalue weighted by molar-refractivity contribution is -0.137. The van der Waals surface area contributed by atoms with Crippen molar-refractivity contribution in [2.75, 3.05) is 5.32 Å². The zero-order chi connectivity index (χ0) is 15.5. The van der Waals surface area contributed by atoms with Crippen molar-refractivity contribution in [2.24, 2.45) is 16.7 Å². The SMILES string of the molecule is CC12CCC(C1)C(C)(C)C2Nc1ccccc1C(F)(F)F. The van der Waals surface area contributed by atoms with E-state index < -0.39 is 11.7 Å². The van der Waals surface area contributed by atoms with Crippen LogP contribution in [0.25, 0.3) is 0 Å². The summed E-state index contributed by atoms with van der Waals surface area (Å²) in [6, 6.07) is 5.91. The summed E-state index contributed by atoms with van der Waals surface area (Å²) in [5, 5.41) is 3.26. The standard InChI is InChI=1S/C17H22F3N/c1-15(2)11-8-9-16(3,10-11)14(15)21-13-7-5-4-6-12(13)17(18,19)20/h4-7,11,14,21H,8-10H2,1-3H3. The summed E-state index contributed by atoms with van der Waals surface area (Å²) in [6.07, 6.45) is -0.895. The maximum atomic E-state index is 13.2. The number of para-hydroxylation sites is 1. The van der Waals surface area contributed by atoms with Crippen molar-refractivity contribution in [3.8, 4) is 0 Å². The van der Waals surface area contributed by atoms with Crippen LogP contribution >= 0.6 is 0 Å². The molecule has 1 nitrogen and oxygen atoms in total. The second kappa shape index (κ2) is 4.40. The van der Waals surface area contributed by atoms with Crippen LogP contribution in [0.1, 0.15) is 45.6 Å². The van der Waals surface area contributed by atoms with Gasteiger partial charge in [0, 0.05) is 11.7 Å². The van der Waals surface area contributed by atoms with Crippen LogP contribution in [0.2, 0.25) is 0 Å². The van der Waals surface area contributed by atoms with Crippen LogP contribution in [-0.4, -0.2) is 6.04 Å². The first-order valence-electron chi connectivity index (χ1n) is 7.57. The number of halogens is 3. The topological polar surface area (TPSA) is 12.0 Å². The molecule has 21 heavy (non-hydrogen) atoms. The highest BCUT2D eigenvalue weighted by molar-refractivity contribution is 5.54. The van der Waals surface area contributed by atoms with E-state index in [4.69, 9.17) is 0 Å². The van der Waals surface area contributed by atoms with E-state index in [-0.39, 0.29) is 22.6 Å². The third-order valence-electron chi connectivity index (χ3n) is 5.80. The smallest absolute Gasteiger partial charge is 0.381 e. The van der Waals surface area contributed by atoms with Gasteiger partial charge in [0.1, 0.15) is 0 Å². The van der Waals surface area contributed by atoms with Crippen LogP contribution in [0.4, 0.5) is 18.9 Å². The van der Waals surface area contributed by atoms with E-state index >= 15 is 0 Å². The number of fused-ring (bicyclic) bond motifs is 2. The van der Waals surface area contributed by atoms with E-state index in [2.05, 4.69) is 26.1 Å². The second-order valence-corrected chi connectivity index (χ2v) is 7.54. The third-order valence-corrected chi connectivity index (χ3v) is 5.80. The summed E-state index contributed by atoms with van der Waals surface area (Å²) in [4.78, 5) is 0. The van der Waals surface area contributed by atoms with Gasteiger partial charge in [-0.1, -0.05) is 32.9 Å². The Kier molecular flexibility index (Phi) is 3.09. The minimum Gasteiger partial charge on any atom is -0.381 e. The van der Waals surface area contributed by atoms with Gasteiger partial charge in [-0.05, 0) is 48.1 Å². The number of anilines is 1. The Bertz CT molecular complexity index is 544. The lowest BCUT2D eigenvalue weighted by atomic mass is 9.68. The number of nitrogens with one attached hydrogen (secondary N) is 1.